The highest BCUT2D eigenvalue weighted by Gasteiger charge is 2.14. The van der Waals surface area contributed by atoms with Crippen LogP contribution < -0.4 is 5.73 Å². The molecule has 2 aromatic heterocycles. The fourth-order valence-electron chi connectivity index (χ4n) is 3.65. The largest absolute Gasteiger partial charge is 0.366 e. The molecular weight excluding hydrogens is 366 g/mol. The Morgan fingerprint density at radius 3 is 2.68 bits per heavy atom. The lowest BCUT2D eigenvalue weighted by molar-refractivity contribution is 0.100. The standard InChI is InChI=1S/C23H17N3OS/c24-22(27)20-14-26(13-15-5-6-16-3-1-2-4-17(16)11-15)21-12-18(7-8-19(20)21)23-25-9-10-28-23/h1-12,14H,13H2,(H2,24,27). The number of thiazole rings is 1. The van der Waals surface area contributed by atoms with E-state index >= 15 is 0 Å². The van der Waals surface area contributed by atoms with E-state index < -0.39 is 5.91 Å². The lowest BCUT2D eigenvalue weighted by atomic mass is 10.1. The fraction of sp³-hybridized carbons (Fsp3) is 0.0435. The van der Waals surface area contributed by atoms with E-state index in [9.17, 15) is 4.79 Å². The second kappa shape index (κ2) is 6.62. The Morgan fingerprint density at radius 1 is 1.04 bits per heavy atom. The first-order valence-corrected chi connectivity index (χ1v) is 9.87. The number of nitrogens with zero attached hydrogens (tertiary/aromatic N) is 2. The summed E-state index contributed by atoms with van der Waals surface area (Å²) in [6.07, 6.45) is 3.65. The second-order valence-electron chi connectivity index (χ2n) is 6.79. The van der Waals surface area contributed by atoms with E-state index in [1.54, 1.807) is 17.5 Å². The Hall–Kier alpha value is -3.44. The molecule has 0 spiro atoms. The van der Waals surface area contributed by atoms with Gasteiger partial charge in [-0.25, -0.2) is 4.98 Å². The number of aromatic nitrogens is 2. The normalized spacial score (nSPS) is 11.3. The van der Waals surface area contributed by atoms with Gasteiger partial charge >= 0.3 is 0 Å². The molecule has 0 aliphatic heterocycles. The van der Waals surface area contributed by atoms with Crippen molar-refractivity contribution in [2.75, 3.05) is 0 Å². The Labute approximate surface area is 165 Å². The number of hydrogen-bond donors (Lipinski definition) is 1. The molecule has 0 radical (unpaired) electrons. The highest BCUT2D eigenvalue weighted by molar-refractivity contribution is 7.13. The molecular formula is C23H17N3OS. The highest BCUT2D eigenvalue weighted by atomic mass is 32.1. The van der Waals surface area contributed by atoms with Gasteiger partial charge in [-0.15, -0.1) is 11.3 Å². The molecule has 2 N–H and O–H groups in total. The van der Waals surface area contributed by atoms with Crippen molar-refractivity contribution >= 4 is 38.9 Å². The molecule has 1 amide bonds. The zero-order chi connectivity index (χ0) is 19.1. The molecule has 0 fully saturated rings. The van der Waals surface area contributed by atoms with E-state index in [-0.39, 0.29) is 0 Å². The Bertz CT molecular complexity index is 1320. The van der Waals surface area contributed by atoms with Crippen LogP contribution in [-0.2, 0) is 6.54 Å². The number of primary amides is 1. The summed E-state index contributed by atoms with van der Waals surface area (Å²) in [5.74, 6) is -0.413. The van der Waals surface area contributed by atoms with Crippen LogP contribution in [0.5, 0.6) is 0 Å². The number of nitrogens with two attached hydrogens (primary N) is 1. The van der Waals surface area contributed by atoms with Gasteiger partial charge in [0.2, 0.25) is 0 Å². The maximum atomic E-state index is 12.0. The molecule has 2 heterocycles. The maximum absolute atomic E-state index is 12.0. The molecule has 0 aliphatic carbocycles. The van der Waals surface area contributed by atoms with Crippen LogP contribution in [0, 0.1) is 0 Å². The van der Waals surface area contributed by atoms with Crippen LogP contribution in [0.4, 0.5) is 0 Å². The van der Waals surface area contributed by atoms with Crippen LogP contribution in [0.25, 0.3) is 32.2 Å². The molecule has 3 aromatic carbocycles. The van der Waals surface area contributed by atoms with Crippen molar-refractivity contribution in [1.29, 1.82) is 0 Å². The molecule has 5 heteroatoms. The first-order valence-electron chi connectivity index (χ1n) is 8.99. The molecule has 28 heavy (non-hydrogen) atoms. The summed E-state index contributed by atoms with van der Waals surface area (Å²) in [6.45, 7) is 0.663. The zero-order valence-corrected chi connectivity index (χ0v) is 15.8. The zero-order valence-electron chi connectivity index (χ0n) is 15.0. The van der Waals surface area contributed by atoms with Crippen LogP contribution in [-0.4, -0.2) is 15.5 Å². The van der Waals surface area contributed by atoms with E-state index in [2.05, 4.69) is 45.9 Å². The fourth-order valence-corrected chi connectivity index (χ4v) is 4.29. The second-order valence-corrected chi connectivity index (χ2v) is 7.68. The van der Waals surface area contributed by atoms with Crippen molar-refractivity contribution in [3.05, 3.63) is 89.6 Å². The number of fused-ring (bicyclic) bond motifs is 2. The predicted octanol–water partition coefficient (Wildman–Crippen LogP) is 5.07. The smallest absolute Gasteiger partial charge is 0.250 e. The molecule has 0 atom stereocenters. The maximum Gasteiger partial charge on any atom is 0.250 e. The minimum absolute atomic E-state index is 0.413. The van der Waals surface area contributed by atoms with Gasteiger partial charge in [0.15, 0.2) is 0 Å². The lowest BCUT2D eigenvalue weighted by Gasteiger charge is -2.08. The number of rotatable bonds is 4. The first-order chi connectivity index (χ1) is 13.7. The molecule has 0 saturated carbocycles. The van der Waals surface area contributed by atoms with Crippen LogP contribution in [0.2, 0.25) is 0 Å². The van der Waals surface area contributed by atoms with Crippen LogP contribution >= 0.6 is 11.3 Å². The molecule has 4 nitrogen and oxygen atoms in total. The van der Waals surface area contributed by atoms with Gasteiger partial charge in [0.05, 0.1) is 5.56 Å². The SMILES string of the molecule is NC(=O)c1cn(Cc2ccc3ccccc3c2)c2cc(-c3nccs3)ccc12. The minimum Gasteiger partial charge on any atom is -0.366 e. The lowest BCUT2D eigenvalue weighted by Crippen LogP contribution is -2.10. The van der Waals surface area contributed by atoms with E-state index in [0.29, 0.717) is 12.1 Å². The van der Waals surface area contributed by atoms with Crippen LogP contribution in [0.3, 0.4) is 0 Å². The van der Waals surface area contributed by atoms with Crippen molar-refractivity contribution in [2.24, 2.45) is 5.73 Å². The summed E-state index contributed by atoms with van der Waals surface area (Å²) < 4.78 is 2.09. The summed E-state index contributed by atoms with van der Waals surface area (Å²) >= 11 is 1.60. The molecule has 5 aromatic rings. The van der Waals surface area contributed by atoms with Gasteiger partial charge in [-0.1, -0.05) is 48.5 Å². The van der Waals surface area contributed by atoms with Crippen molar-refractivity contribution in [1.82, 2.24) is 9.55 Å². The van der Waals surface area contributed by atoms with Gasteiger partial charge in [0.1, 0.15) is 5.01 Å². The summed E-state index contributed by atoms with van der Waals surface area (Å²) in [5, 5.41) is 6.21. The third kappa shape index (κ3) is 2.86. The van der Waals surface area contributed by atoms with Crippen molar-refractivity contribution in [3.8, 4) is 10.6 Å². The predicted molar refractivity (Wildman–Crippen MR) is 115 cm³/mol. The Balaban J connectivity index is 1.64. The summed E-state index contributed by atoms with van der Waals surface area (Å²) in [4.78, 5) is 16.4. The van der Waals surface area contributed by atoms with Crippen molar-refractivity contribution in [3.63, 3.8) is 0 Å². The summed E-state index contributed by atoms with van der Waals surface area (Å²) in [6, 6.07) is 20.8. The third-order valence-electron chi connectivity index (χ3n) is 4.99. The number of carbonyl (C=O) groups is 1. The van der Waals surface area contributed by atoms with Crippen LogP contribution in [0.15, 0.2) is 78.4 Å². The first kappa shape index (κ1) is 16.7. The molecule has 0 saturated heterocycles. The Kier molecular flexibility index (Phi) is 3.95. The molecule has 0 unspecified atom stereocenters. The highest BCUT2D eigenvalue weighted by Crippen LogP contribution is 2.29. The molecule has 0 aliphatic rings. The van der Waals surface area contributed by atoms with Gasteiger partial charge in [0, 0.05) is 40.8 Å². The minimum atomic E-state index is -0.413. The van der Waals surface area contributed by atoms with Gasteiger partial charge in [-0.05, 0) is 28.5 Å². The number of carbonyl (C=O) groups excluding carboxylic acids is 1. The van der Waals surface area contributed by atoms with Gasteiger partial charge in [0.25, 0.3) is 5.91 Å². The molecule has 0 bridgehead atoms. The van der Waals surface area contributed by atoms with E-state index in [4.69, 9.17) is 5.73 Å². The number of benzene rings is 3. The number of hydrogen-bond acceptors (Lipinski definition) is 3. The summed E-state index contributed by atoms with van der Waals surface area (Å²) in [5.41, 5.74) is 9.37. The van der Waals surface area contributed by atoms with E-state index in [1.807, 2.05) is 35.8 Å². The topological polar surface area (TPSA) is 60.9 Å². The third-order valence-corrected chi connectivity index (χ3v) is 5.82. The monoisotopic (exact) mass is 383 g/mol. The average molecular weight is 383 g/mol. The quantitative estimate of drug-likeness (QED) is 0.471. The van der Waals surface area contributed by atoms with Gasteiger partial charge < -0.3 is 10.3 Å². The van der Waals surface area contributed by atoms with Gasteiger partial charge in [-0.3, -0.25) is 4.79 Å². The van der Waals surface area contributed by atoms with Crippen molar-refractivity contribution < 1.29 is 4.79 Å². The van der Waals surface area contributed by atoms with E-state index in [1.165, 1.54) is 16.3 Å². The van der Waals surface area contributed by atoms with E-state index in [0.717, 1.165) is 21.5 Å². The average Bonchev–Trinajstić information content (AvgIpc) is 3.36. The number of amides is 1. The van der Waals surface area contributed by atoms with Crippen LogP contribution in [0.1, 0.15) is 15.9 Å². The molecule has 136 valence electrons. The van der Waals surface area contributed by atoms with Gasteiger partial charge in [-0.2, -0.15) is 0 Å². The van der Waals surface area contributed by atoms with Crippen molar-refractivity contribution in [2.45, 2.75) is 6.54 Å². The molecule has 5 rings (SSSR count). The summed E-state index contributed by atoms with van der Waals surface area (Å²) in [7, 11) is 0. The Morgan fingerprint density at radius 2 is 1.89 bits per heavy atom.